The van der Waals surface area contributed by atoms with Gasteiger partial charge >= 0.3 is 5.69 Å². The Labute approximate surface area is 109 Å². The average molecular weight is 272 g/mol. The third-order valence-corrected chi connectivity index (χ3v) is 2.64. The standard InChI is InChI=1S/C12H14F2N2O3/c1-3-7-15(4-2)12(17)10-8(13)5-6-9(11(10)14)16(18)19/h5-6H,3-4,7H2,1-2H3. The first-order valence-electron chi connectivity index (χ1n) is 5.85. The summed E-state index contributed by atoms with van der Waals surface area (Å²) < 4.78 is 27.4. The molecular weight excluding hydrogens is 258 g/mol. The van der Waals surface area contributed by atoms with E-state index in [1.165, 1.54) is 4.90 Å². The summed E-state index contributed by atoms with van der Waals surface area (Å²) in [6.45, 7) is 4.09. The molecule has 0 saturated heterocycles. The molecule has 104 valence electrons. The van der Waals surface area contributed by atoms with Crippen LogP contribution in [0.4, 0.5) is 14.5 Å². The molecule has 0 spiro atoms. The van der Waals surface area contributed by atoms with Gasteiger partial charge in [-0.05, 0) is 19.4 Å². The van der Waals surface area contributed by atoms with E-state index in [-0.39, 0.29) is 6.54 Å². The molecule has 5 nitrogen and oxygen atoms in total. The van der Waals surface area contributed by atoms with Crippen LogP contribution in [-0.2, 0) is 0 Å². The van der Waals surface area contributed by atoms with E-state index in [0.29, 0.717) is 19.0 Å². The summed E-state index contributed by atoms with van der Waals surface area (Å²) in [7, 11) is 0. The maximum atomic E-state index is 13.8. The predicted molar refractivity (Wildman–Crippen MR) is 64.9 cm³/mol. The molecule has 0 saturated carbocycles. The molecule has 1 rings (SSSR count). The van der Waals surface area contributed by atoms with E-state index in [9.17, 15) is 23.7 Å². The molecule has 0 aliphatic heterocycles. The molecule has 1 aromatic rings. The molecule has 0 bridgehead atoms. The van der Waals surface area contributed by atoms with E-state index < -0.39 is 33.7 Å². The van der Waals surface area contributed by atoms with Gasteiger partial charge in [-0.2, -0.15) is 4.39 Å². The van der Waals surface area contributed by atoms with Gasteiger partial charge in [-0.3, -0.25) is 14.9 Å². The van der Waals surface area contributed by atoms with Gasteiger partial charge in [0.2, 0.25) is 5.82 Å². The Kier molecular flexibility index (Phi) is 4.91. The lowest BCUT2D eigenvalue weighted by atomic mass is 10.1. The van der Waals surface area contributed by atoms with Crippen LogP contribution in [0.25, 0.3) is 0 Å². The number of carbonyl (C=O) groups is 1. The zero-order chi connectivity index (χ0) is 14.6. The van der Waals surface area contributed by atoms with Gasteiger partial charge in [0.15, 0.2) is 0 Å². The van der Waals surface area contributed by atoms with Crippen molar-refractivity contribution < 1.29 is 18.5 Å². The monoisotopic (exact) mass is 272 g/mol. The van der Waals surface area contributed by atoms with Crippen LogP contribution in [0, 0.1) is 21.7 Å². The maximum Gasteiger partial charge on any atom is 0.305 e. The van der Waals surface area contributed by atoms with E-state index in [0.717, 1.165) is 6.07 Å². The van der Waals surface area contributed by atoms with E-state index in [2.05, 4.69) is 0 Å². The third-order valence-electron chi connectivity index (χ3n) is 2.64. The predicted octanol–water partition coefficient (Wildman–Crippen LogP) is 2.75. The molecule has 0 atom stereocenters. The molecule has 0 radical (unpaired) electrons. The van der Waals surface area contributed by atoms with Crippen molar-refractivity contribution in [1.29, 1.82) is 0 Å². The minimum absolute atomic E-state index is 0.272. The van der Waals surface area contributed by atoms with E-state index in [4.69, 9.17) is 0 Å². The number of nitro groups is 1. The molecule has 0 aliphatic rings. The number of rotatable bonds is 5. The molecular formula is C12H14F2N2O3. The topological polar surface area (TPSA) is 63.5 Å². The van der Waals surface area contributed by atoms with Crippen LogP contribution in [0.3, 0.4) is 0 Å². The summed E-state index contributed by atoms with van der Waals surface area (Å²) >= 11 is 0. The highest BCUT2D eigenvalue weighted by Gasteiger charge is 2.28. The Morgan fingerprint density at radius 1 is 1.37 bits per heavy atom. The smallest absolute Gasteiger partial charge is 0.305 e. The van der Waals surface area contributed by atoms with Gasteiger partial charge in [0.1, 0.15) is 11.4 Å². The van der Waals surface area contributed by atoms with Crippen molar-refractivity contribution >= 4 is 11.6 Å². The lowest BCUT2D eigenvalue weighted by molar-refractivity contribution is -0.387. The number of nitro benzene ring substituents is 1. The molecule has 0 heterocycles. The summed E-state index contributed by atoms with van der Waals surface area (Å²) in [5.74, 6) is -3.39. The molecule has 0 aromatic heterocycles. The molecule has 7 heteroatoms. The van der Waals surface area contributed by atoms with Gasteiger partial charge in [-0.15, -0.1) is 0 Å². The summed E-state index contributed by atoms with van der Waals surface area (Å²) in [6, 6.07) is 1.44. The number of hydrogen-bond acceptors (Lipinski definition) is 3. The molecule has 0 fully saturated rings. The number of carbonyl (C=O) groups excluding carboxylic acids is 1. The van der Waals surface area contributed by atoms with Crippen molar-refractivity contribution in [2.45, 2.75) is 20.3 Å². The van der Waals surface area contributed by atoms with Gasteiger partial charge in [-0.1, -0.05) is 6.92 Å². The summed E-state index contributed by atoms with van der Waals surface area (Å²) in [6.07, 6.45) is 0.623. The van der Waals surface area contributed by atoms with Gasteiger partial charge in [0, 0.05) is 19.2 Å². The Bertz CT molecular complexity index is 506. The maximum absolute atomic E-state index is 13.8. The van der Waals surface area contributed by atoms with E-state index >= 15 is 0 Å². The summed E-state index contributed by atoms with van der Waals surface area (Å²) in [5.41, 5.74) is -1.78. The second kappa shape index (κ2) is 6.21. The molecule has 0 unspecified atom stereocenters. The number of nitrogens with zero attached hydrogens (tertiary/aromatic N) is 2. The highest BCUT2D eigenvalue weighted by Crippen LogP contribution is 2.24. The van der Waals surface area contributed by atoms with Crippen LogP contribution >= 0.6 is 0 Å². The SMILES string of the molecule is CCCN(CC)C(=O)c1c(F)ccc([N+](=O)[O-])c1F. The van der Waals surface area contributed by atoms with Crippen LogP contribution in [0.2, 0.25) is 0 Å². The van der Waals surface area contributed by atoms with Crippen LogP contribution in [0.5, 0.6) is 0 Å². The fourth-order valence-corrected chi connectivity index (χ4v) is 1.71. The van der Waals surface area contributed by atoms with Gasteiger partial charge in [0.25, 0.3) is 5.91 Å². The summed E-state index contributed by atoms with van der Waals surface area (Å²) in [5, 5.41) is 10.6. The number of amides is 1. The van der Waals surface area contributed by atoms with Crippen molar-refractivity contribution in [2.24, 2.45) is 0 Å². The second-order valence-corrected chi connectivity index (χ2v) is 3.90. The van der Waals surface area contributed by atoms with Crippen LogP contribution in [-0.4, -0.2) is 28.8 Å². The molecule has 1 aromatic carbocycles. The highest BCUT2D eigenvalue weighted by molar-refractivity contribution is 5.95. The molecule has 19 heavy (non-hydrogen) atoms. The van der Waals surface area contributed by atoms with E-state index in [1.807, 2.05) is 6.92 Å². The van der Waals surface area contributed by atoms with Gasteiger partial charge < -0.3 is 4.90 Å². The molecule has 0 N–H and O–H groups in total. The Morgan fingerprint density at radius 2 is 2.00 bits per heavy atom. The zero-order valence-corrected chi connectivity index (χ0v) is 10.7. The van der Waals surface area contributed by atoms with Crippen LogP contribution in [0.1, 0.15) is 30.6 Å². The van der Waals surface area contributed by atoms with Gasteiger partial charge in [0.05, 0.1) is 4.92 Å². The Hall–Kier alpha value is -2.05. The lowest BCUT2D eigenvalue weighted by Crippen LogP contribution is -2.33. The highest BCUT2D eigenvalue weighted by atomic mass is 19.1. The Morgan fingerprint density at radius 3 is 2.47 bits per heavy atom. The number of benzene rings is 1. The number of halogens is 2. The fourth-order valence-electron chi connectivity index (χ4n) is 1.71. The van der Waals surface area contributed by atoms with Crippen molar-refractivity contribution in [3.63, 3.8) is 0 Å². The second-order valence-electron chi connectivity index (χ2n) is 3.90. The molecule has 0 aliphatic carbocycles. The van der Waals surface area contributed by atoms with Crippen molar-refractivity contribution in [2.75, 3.05) is 13.1 Å². The quantitative estimate of drug-likeness (QED) is 0.611. The Balaban J connectivity index is 3.29. The fraction of sp³-hybridized carbons (Fsp3) is 0.417. The van der Waals surface area contributed by atoms with Crippen molar-refractivity contribution in [3.8, 4) is 0 Å². The van der Waals surface area contributed by atoms with Crippen molar-refractivity contribution in [1.82, 2.24) is 4.90 Å². The van der Waals surface area contributed by atoms with Crippen LogP contribution in [0.15, 0.2) is 12.1 Å². The first kappa shape index (κ1) is 15.0. The third kappa shape index (κ3) is 3.04. The number of hydrogen-bond donors (Lipinski definition) is 0. The minimum atomic E-state index is -1.43. The van der Waals surface area contributed by atoms with Crippen molar-refractivity contribution in [3.05, 3.63) is 39.4 Å². The van der Waals surface area contributed by atoms with E-state index in [1.54, 1.807) is 6.92 Å². The normalized spacial score (nSPS) is 10.3. The first-order valence-corrected chi connectivity index (χ1v) is 5.85. The summed E-state index contributed by atoms with van der Waals surface area (Å²) in [4.78, 5) is 22.9. The first-order chi connectivity index (χ1) is 8.93. The van der Waals surface area contributed by atoms with Gasteiger partial charge in [-0.25, -0.2) is 4.39 Å². The largest absolute Gasteiger partial charge is 0.339 e. The molecule has 1 amide bonds. The zero-order valence-electron chi connectivity index (χ0n) is 10.7. The average Bonchev–Trinajstić information content (AvgIpc) is 2.35. The lowest BCUT2D eigenvalue weighted by Gasteiger charge is -2.20. The van der Waals surface area contributed by atoms with Crippen LogP contribution < -0.4 is 0 Å². The minimum Gasteiger partial charge on any atom is -0.339 e.